The molecule has 1 aromatic heterocycles. The standard InChI is InChI=1S/C21H17N3O5/c25-20(14-7-9-15(10-8-14)28-16-4-3-11-22-12-16)23-24-21(26)19-13-27-17-5-1-2-6-18(17)29-19/h1-12,19H,13H2,(H,23,25)(H,24,26). The van der Waals surface area contributed by atoms with E-state index in [4.69, 9.17) is 14.2 Å². The van der Waals surface area contributed by atoms with Crippen LogP contribution in [-0.2, 0) is 4.79 Å². The van der Waals surface area contributed by atoms with Gasteiger partial charge in [0.25, 0.3) is 11.8 Å². The van der Waals surface area contributed by atoms with Crippen molar-refractivity contribution in [2.75, 3.05) is 6.61 Å². The predicted octanol–water partition coefficient (Wildman–Crippen LogP) is 2.47. The number of aromatic nitrogens is 1. The summed E-state index contributed by atoms with van der Waals surface area (Å²) in [6.07, 6.45) is 2.38. The molecule has 1 unspecified atom stereocenters. The van der Waals surface area contributed by atoms with Gasteiger partial charge in [-0.1, -0.05) is 12.1 Å². The monoisotopic (exact) mass is 391 g/mol. The zero-order chi connectivity index (χ0) is 20.1. The summed E-state index contributed by atoms with van der Waals surface area (Å²) in [5.41, 5.74) is 5.07. The second-order valence-electron chi connectivity index (χ2n) is 6.12. The fourth-order valence-corrected chi connectivity index (χ4v) is 2.64. The first-order chi connectivity index (χ1) is 14.2. The molecule has 2 N–H and O–H groups in total. The molecule has 3 aromatic rings. The number of carbonyl (C=O) groups excluding carboxylic acids is 2. The van der Waals surface area contributed by atoms with Gasteiger partial charge in [0, 0.05) is 11.8 Å². The second-order valence-corrected chi connectivity index (χ2v) is 6.12. The smallest absolute Gasteiger partial charge is 0.283 e. The van der Waals surface area contributed by atoms with Gasteiger partial charge in [-0.3, -0.25) is 25.4 Å². The number of rotatable bonds is 4. The normalized spacial score (nSPS) is 14.6. The molecule has 146 valence electrons. The summed E-state index contributed by atoms with van der Waals surface area (Å²) in [6.45, 7) is 0.0547. The topological polar surface area (TPSA) is 98.8 Å². The van der Waals surface area contributed by atoms with E-state index in [1.165, 1.54) is 0 Å². The van der Waals surface area contributed by atoms with Crippen LogP contribution in [-0.4, -0.2) is 29.5 Å². The Kier molecular flexibility index (Phi) is 5.24. The van der Waals surface area contributed by atoms with Gasteiger partial charge in [0.2, 0.25) is 6.10 Å². The Hall–Kier alpha value is -4.07. The molecule has 0 spiro atoms. The molecule has 0 fully saturated rings. The van der Waals surface area contributed by atoms with Crippen molar-refractivity contribution in [3.05, 3.63) is 78.6 Å². The third-order valence-corrected chi connectivity index (χ3v) is 4.09. The highest BCUT2D eigenvalue weighted by molar-refractivity contribution is 5.96. The number of hydrogen-bond donors (Lipinski definition) is 2. The van der Waals surface area contributed by atoms with Crippen molar-refractivity contribution in [2.45, 2.75) is 6.10 Å². The summed E-state index contributed by atoms with van der Waals surface area (Å²) in [7, 11) is 0. The minimum atomic E-state index is -0.861. The minimum Gasteiger partial charge on any atom is -0.485 e. The summed E-state index contributed by atoms with van der Waals surface area (Å²) in [5, 5.41) is 0. The van der Waals surface area contributed by atoms with Crippen LogP contribution in [0.25, 0.3) is 0 Å². The molecule has 0 saturated carbocycles. The Morgan fingerprint density at radius 3 is 2.48 bits per heavy atom. The molecule has 0 saturated heterocycles. The lowest BCUT2D eigenvalue weighted by molar-refractivity contribution is -0.131. The van der Waals surface area contributed by atoms with E-state index < -0.39 is 17.9 Å². The summed E-state index contributed by atoms with van der Waals surface area (Å²) < 4.78 is 16.7. The number of pyridine rings is 1. The van der Waals surface area contributed by atoms with Gasteiger partial charge in [-0.05, 0) is 48.5 Å². The van der Waals surface area contributed by atoms with E-state index in [2.05, 4.69) is 15.8 Å². The lowest BCUT2D eigenvalue weighted by Gasteiger charge is -2.25. The Bertz CT molecular complexity index is 1010. The molecular formula is C21H17N3O5. The van der Waals surface area contributed by atoms with Crippen LogP contribution in [0.1, 0.15) is 10.4 Å². The Morgan fingerprint density at radius 2 is 1.72 bits per heavy atom. The van der Waals surface area contributed by atoms with E-state index in [0.29, 0.717) is 28.6 Å². The second kappa shape index (κ2) is 8.30. The summed E-state index contributed by atoms with van der Waals surface area (Å²) in [4.78, 5) is 28.5. The number of nitrogens with zero attached hydrogens (tertiary/aromatic N) is 1. The fourth-order valence-electron chi connectivity index (χ4n) is 2.64. The summed E-state index contributed by atoms with van der Waals surface area (Å²) >= 11 is 0. The van der Waals surface area contributed by atoms with Crippen LogP contribution in [0.4, 0.5) is 0 Å². The van der Waals surface area contributed by atoms with Gasteiger partial charge in [0.05, 0.1) is 6.20 Å². The molecule has 8 nitrogen and oxygen atoms in total. The van der Waals surface area contributed by atoms with Gasteiger partial charge in [-0.2, -0.15) is 0 Å². The molecule has 0 aliphatic carbocycles. The first-order valence-corrected chi connectivity index (χ1v) is 8.86. The lowest BCUT2D eigenvalue weighted by Crippen LogP contribution is -2.50. The number of nitrogens with one attached hydrogen (secondary N) is 2. The van der Waals surface area contributed by atoms with E-state index in [1.807, 2.05) is 6.07 Å². The minimum absolute atomic E-state index is 0.0547. The average molecular weight is 391 g/mol. The maximum absolute atomic E-state index is 12.3. The zero-order valence-corrected chi connectivity index (χ0v) is 15.2. The van der Waals surface area contributed by atoms with Crippen LogP contribution >= 0.6 is 0 Å². The van der Waals surface area contributed by atoms with E-state index in [0.717, 1.165) is 0 Å². The Balaban J connectivity index is 1.30. The van der Waals surface area contributed by atoms with Crippen LogP contribution in [0.5, 0.6) is 23.0 Å². The summed E-state index contributed by atoms with van der Waals surface area (Å²) in [5.74, 6) is 1.23. The third kappa shape index (κ3) is 4.44. The van der Waals surface area contributed by atoms with Gasteiger partial charge in [0.1, 0.15) is 18.1 Å². The molecule has 8 heteroatoms. The van der Waals surface area contributed by atoms with E-state index >= 15 is 0 Å². The van der Waals surface area contributed by atoms with Crippen molar-refractivity contribution >= 4 is 11.8 Å². The van der Waals surface area contributed by atoms with E-state index in [-0.39, 0.29) is 6.61 Å². The fraction of sp³-hybridized carbons (Fsp3) is 0.0952. The van der Waals surface area contributed by atoms with Crippen LogP contribution in [0.2, 0.25) is 0 Å². The molecule has 1 atom stereocenters. The highest BCUT2D eigenvalue weighted by Crippen LogP contribution is 2.30. The molecule has 1 aliphatic rings. The first-order valence-electron chi connectivity index (χ1n) is 8.86. The van der Waals surface area contributed by atoms with Gasteiger partial charge in [-0.15, -0.1) is 0 Å². The first kappa shape index (κ1) is 18.3. The number of amides is 2. The molecule has 0 radical (unpaired) electrons. The van der Waals surface area contributed by atoms with Gasteiger partial charge in [0.15, 0.2) is 11.5 Å². The number of benzene rings is 2. The molecule has 2 aromatic carbocycles. The van der Waals surface area contributed by atoms with Crippen molar-refractivity contribution in [1.82, 2.24) is 15.8 Å². The molecule has 0 bridgehead atoms. The summed E-state index contributed by atoms with van der Waals surface area (Å²) in [6, 6.07) is 17.1. The lowest BCUT2D eigenvalue weighted by atomic mass is 10.2. The molecule has 1 aliphatic heterocycles. The number of carbonyl (C=O) groups is 2. The maximum Gasteiger partial charge on any atom is 0.283 e. The van der Waals surface area contributed by atoms with Gasteiger partial charge >= 0.3 is 0 Å². The quantitative estimate of drug-likeness (QED) is 0.663. The molecular weight excluding hydrogens is 374 g/mol. The van der Waals surface area contributed by atoms with Crippen molar-refractivity contribution < 1.29 is 23.8 Å². The van der Waals surface area contributed by atoms with Crippen LogP contribution < -0.4 is 25.1 Å². The van der Waals surface area contributed by atoms with Gasteiger partial charge in [-0.25, -0.2) is 0 Å². The SMILES string of the molecule is O=C(NNC(=O)C1COc2ccccc2O1)c1ccc(Oc2cccnc2)cc1. The van der Waals surface area contributed by atoms with Crippen molar-refractivity contribution in [1.29, 1.82) is 0 Å². The number of fused-ring (bicyclic) bond motifs is 1. The maximum atomic E-state index is 12.3. The highest BCUT2D eigenvalue weighted by atomic mass is 16.6. The van der Waals surface area contributed by atoms with Crippen molar-refractivity contribution in [2.24, 2.45) is 0 Å². The van der Waals surface area contributed by atoms with Crippen LogP contribution in [0.15, 0.2) is 73.1 Å². The molecule has 2 amide bonds. The average Bonchev–Trinajstić information content (AvgIpc) is 2.78. The van der Waals surface area contributed by atoms with Crippen molar-refractivity contribution in [3.8, 4) is 23.0 Å². The largest absolute Gasteiger partial charge is 0.485 e. The molecule has 29 heavy (non-hydrogen) atoms. The van der Waals surface area contributed by atoms with Crippen molar-refractivity contribution in [3.63, 3.8) is 0 Å². The van der Waals surface area contributed by atoms with Crippen LogP contribution in [0.3, 0.4) is 0 Å². The van der Waals surface area contributed by atoms with E-state index in [9.17, 15) is 9.59 Å². The van der Waals surface area contributed by atoms with E-state index in [1.54, 1.807) is 67.0 Å². The Morgan fingerprint density at radius 1 is 0.931 bits per heavy atom. The number of ether oxygens (including phenoxy) is 3. The predicted molar refractivity (Wildman–Crippen MR) is 103 cm³/mol. The zero-order valence-electron chi connectivity index (χ0n) is 15.2. The van der Waals surface area contributed by atoms with Gasteiger partial charge < -0.3 is 14.2 Å². The molecule has 2 heterocycles. The Labute approximate surface area is 166 Å². The third-order valence-electron chi connectivity index (χ3n) is 4.09. The highest BCUT2D eigenvalue weighted by Gasteiger charge is 2.27. The van der Waals surface area contributed by atoms with Crippen LogP contribution in [0, 0.1) is 0 Å². The number of hydrogen-bond acceptors (Lipinski definition) is 6. The molecule has 4 rings (SSSR count). The number of para-hydroxylation sites is 2. The number of hydrazine groups is 1.